The first kappa shape index (κ1) is 18.4. The summed E-state index contributed by atoms with van der Waals surface area (Å²) < 4.78 is 26.0. The number of benzene rings is 2. The third-order valence-electron chi connectivity index (χ3n) is 3.91. The molecule has 0 aliphatic rings. The molecule has 0 saturated heterocycles. The predicted molar refractivity (Wildman–Crippen MR) is 99.4 cm³/mol. The number of halogens is 1. The van der Waals surface area contributed by atoms with Crippen LogP contribution in [0.4, 0.5) is 0 Å². The van der Waals surface area contributed by atoms with Crippen LogP contribution in [0.1, 0.15) is 44.1 Å². The van der Waals surface area contributed by atoms with Crippen LogP contribution in [0.2, 0.25) is 5.02 Å². The highest BCUT2D eigenvalue weighted by molar-refractivity contribution is 7.91. The fourth-order valence-corrected chi connectivity index (χ4v) is 4.69. The molecule has 2 rings (SSSR count). The normalized spacial score (nSPS) is 13.8. The lowest BCUT2D eigenvalue weighted by atomic mass is 9.83. The van der Waals surface area contributed by atoms with Crippen LogP contribution in [0.3, 0.4) is 0 Å². The van der Waals surface area contributed by atoms with Gasteiger partial charge in [0.15, 0.2) is 9.84 Å². The minimum absolute atomic E-state index is 0.221. The monoisotopic (exact) mass is 368 g/mol. The smallest absolute Gasteiger partial charge is 0.185 e. The van der Waals surface area contributed by atoms with Crippen LogP contribution >= 0.6 is 24.2 Å². The first-order chi connectivity index (χ1) is 10.6. The minimum Gasteiger partial charge on any atom is -0.223 e. The number of hydrogen-bond donors (Lipinski definition) is 1. The van der Waals surface area contributed by atoms with Crippen molar-refractivity contribution in [1.29, 1.82) is 0 Å². The summed E-state index contributed by atoms with van der Waals surface area (Å²) in [7, 11) is -3.53. The van der Waals surface area contributed by atoms with Gasteiger partial charge in [-0.2, -0.15) is 0 Å². The van der Waals surface area contributed by atoms with Crippen LogP contribution in [0.15, 0.2) is 52.3 Å². The van der Waals surface area contributed by atoms with Crippen LogP contribution in [0.5, 0.6) is 0 Å². The van der Waals surface area contributed by atoms with E-state index >= 15 is 0 Å². The van der Waals surface area contributed by atoms with Gasteiger partial charge in [-0.05, 0) is 41.7 Å². The minimum atomic E-state index is -3.53. The molecule has 0 aliphatic heterocycles. The second-order valence-electron chi connectivity index (χ2n) is 6.61. The summed E-state index contributed by atoms with van der Waals surface area (Å²) in [5.41, 5.74) is 1.34. The second kappa shape index (κ2) is 6.50. The third kappa shape index (κ3) is 3.59. The molecule has 0 aromatic heterocycles. The molecule has 23 heavy (non-hydrogen) atoms. The summed E-state index contributed by atoms with van der Waals surface area (Å²) in [5.74, 6) is 0. The first-order valence-electron chi connectivity index (χ1n) is 7.37. The van der Waals surface area contributed by atoms with Gasteiger partial charge in [-0.25, -0.2) is 8.42 Å². The fraction of sp³-hybridized carbons (Fsp3) is 0.333. The Morgan fingerprint density at radius 1 is 1.04 bits per heavy atom. The second-order valence-corrected chi connectivity index (χ2v) is 9.74. The lowest BCUT2D eigenvalue weighted by Gasteiger charge is -2.27. The Bertz CT molecular complexity index is 807. The molecule has 1 unspecified atom stereocenters. The van der Waals surface area contributed by atoms with Gasteiger partial charge in [0, 0.05) is 4.90 Å². The van der Waals surface area contributed by atoms with Gasteiger partial charge < -0.3 is 0 Å². The Balaban J connectivity index is 2.69. The Hall–Kier alpha value is -0.970. The van der Waals surface area contributed by atoms with E-state index in [-0.39, 0.29) is 5.41 Å². The molecule has 0 aliphatic carbocycles. The van der Waals surface area contributed by atoms with E-state index in [0.29, 0.717) is 20.4 Å². The van der Waals surface area contributed by atoms with E-state index in [1.807, 2.05) is 32.9 Å². The maximum absolute atomic E-state index is 13.0. The van der Waals surface area contributed by atoms with Gasteiger partial charge in [0.05, 0.1) is 15.2 Å². The molecule has 0 bridgehead atoms. The van der Waals surface area contributed by atoms with Gasteiger partial charge in [0.25, 0.3) is 0 Å². The van der Waals surface area contributed by atoms with Crippen LogP contribution in [0.25, 0.3) is 0 Å². The highest BCUT2D eigenvalue weighted by atomic mass is 35.5. The molecule has 0 spiro atoms. The van der Waals surface area contributed by atoms with E-state index in [4.69, 9.17) is 11.6 Å². The highest BCUT2D eigenvalue weighted by Crippen LogP contribution is 2.41. The average Bonchev–Trinajstić information content (AvgIpc) is 2.49. The SMILES string of the molecule is CC(c1c(C(C)(C)C)ccc(S)c1Cl)S(=O)(=O)c1ccccc1. The summed E-state index contributed by atoms with van der Waals surface area (Å²) in [6.45, 7) is 7.82. The van der Waals surface area contributed by atoms with Crippen molar-refractivity contribution in [2.45, 2.75) is 48.2 Å². The quantitative estimate of drug-likeness (QED) is 0.730. The molecular formula is C18H21ClO2S2. The molecule has 0 amide bonds. The molecular weight excluding hydrogens is 348 g/mol. The zero-order chi connectivity index (χ0) is 17.4. The Labute approximate surface area is 149 Å². The summed E-state index contributed by atoms with van der Waals surface area (Å²) >= 11 is 10.8. The Kier molecular flexibility index (Phi) is 5.19. The molecule has 1 atom stereocenters. The van der Waals surface area contributed by atoms with Crippen LogP contribution in [-0.4, -0.2) is 8.42 Å². The Morgan fingerprint density at radius 3 is 2.13 bits per heavy atom. The molecule has 2 aromatic rings. The number of hydrogen-bond acceptors (Lipinski definition) is 3. The predicted octanol–water partition coefficient (Wildman–Crippen LogP) is 5.46. The Morgan fingerprint density at radius 2 is 1.61 bits per heavy atom. The summed E-state index contributed by atoms with van der Waals surface area (Å²) in [5, 5.41) is -0.341. The van der Waals surface area contributed by atoms with Crippen molar-refractivity contribution in [1.82, 2.24) is 0 Å². The van der Waals surface area contributed by atoms with Crippen LogP contribution < -0.4 is 0 Å². The fourth-order valence-electron chi connectivity index (χ4n) is 2.60. The maximum Gasteiger partial charge on any atom is 0.185 e. The zero-order valence-corrected chi connectivity index (χ0v) is 16.1. The standard InChI is InChI=1S/C18H21ClO2S2/c1-12(23(20,21)13-8-6-5-7-9-13)16-14(18(2,3)4)10-11-15(22)17(16)19/h5-12,22H,1-4H3. The molecule has 0 radical (unpaired) electrons. The van der Waals surface area contributed by atoms with E-state index in [2.05, 4.69) is 12.6 Å². The number of rotatable bonds is 3. The topological polar surface area (TPSA) is 34.1 Å². The van der Waals surface area contributed by atoms with Crippen molar-refractivity contribution in [2.24, 2.45) is 0 Å². The summed E-state index contributed by atoms with van der Waals surface area (Å²) in [6.07, 6.45) is 0. The van der Waals surface area contributed by atoms with Gasteiger partial charge in [0.2, 0.25) is 0 Å². The van der Waals surface area contributed by atoms with Gasteiger partial charge in [-0.3, -0.25) is 0 Å². The van der Waals surface area contributed by atoms with Gasteiger partial charge in [-0.1, -0.05) is 56.6 Å². The summed E-state index contributed by atoms with van der Waals surface area (Å²) in [6, 6.07) is 12.2. The first-order valence-corrected chi connectivity index (χ1v) is 9.74. The number of thiol groups is 1. The maximum atomic E-state index is 13.0. The molecule has 0 heterocycles. The lowest BCUT2D eigenvalue weighted by Crippen LogP contribution is -2.20. The molecule has 0 saturated carbocycles. The van der Waals surface area contributed by atoms with Crippen molar-refractivity contribution in [2.75, 3.05) is 0 Å². The lowest BCUT2D eigenvalue weighted by molar-refractivity contribution is 0.569. The van der Waals surface area contributed by atoms with Crippen molar-refractivity contribution in [3.05, 3.63) is 58.6 Å². The highest BCUT2D eigenvalue weighted by Gasteiger charge is 2.32. The van der Waals surface area contributed by atoms with Crippen molar-refractivity contribution < 1.29 is 8.42 Å². The van der Waals surface area contributed by atoms with Crippen molar-refractivity contribution in [3.63, 3.8) is 0 Å². The average molecular weight is 369 g/mol. The van der Waals surface area contributed by atoms with E-state index in [0.717, 1.165) is 5.56 Å². The molecule has 2 aromatic carbocycles. The summed E-state index contributed by atoms with van der Waals surface area (Å²) in [4.78, 5) is 0.887. The molecule has 0 fully saturated rings. The van der Waals surface area contributed by atoms with E-state index < -0.39 is 15.1 Å². The number of sulfone groups is 1. The van der Waals surface area contributed by atoms with Gasteiger partial charge in [0.1, 0.15) is 0 Å². The van der Waals surface area contributed by atoms with Gasteiger partial charge in [-0.15, -0.1) is 12.6 Å². The van der Waals surface area contributed by atoms with Crippen LogP contribution in [-0.2, 0) is 15.3 Å². The molecule has 2 nitrogen and oxygen atoms in total. The van der Waals surface area contributed by atoms with E-state index in [1.165, 1.54) is 0 Å². The zero-order valence-electron chi connectivity index (χ0n) is 13.7. The van der Waals surface area contributed by atoms with E-state index in [9.17, 15) is 8.42 Å². The van der Waals surface area contributed by atoms with Crippen molar-refractivity contribution in [3.8, 4) is 0 Å². The third-order valence-corrected chi connectivity index (χ3v) is 6.92. The van der Waals surface area contributed by atoms with Crippen molar-refractivity contribution >= 4 is 34.1 Å². The molecule has 124 valence electrons. The molecule has 5 heteroatoms. The van der Waals surface area contributed by atoms with Gasteiger partial charge >= 0.3 is 0 Å². The van der Waals surface area contributed by atoms with E-state index in [1.54, 1.807) is 37.3 Å². The largest absolute Gasteiger partial charge is 0.223 e. The molecule has 0 N–H and O–H groups in total. The van der Waals surface area contributed by atoms with Crippen LogP contribution in [0, 0.1) is 0 Å².